The van der Waals surface area contributed by atoms with Gasteiger partial charge < -0.3 is 14.7 Å². The molecule has 5 nitrogen and oxygen atoms in total. The maximum atomic E-state index is 13.9. The summed E-state index contributed by atoms with van der Waals surface area (Å²) < 4.78 is 33.1. The molecule has 2 fully saturated rings. The van der Waals surface area contributed by atoms with Gasteiger partial charge in [-0.1, -0.05) is 0 Å². The third-order valence-electron chi connectivity index (χ3n) is 4.71. The highest BCUT2D eigenvalue weighted by Gasteiger charge is 2.52. The number of likely N-dealkylation sites (tertiary alicyclic amines) is 2. The number of amides is 1. The van der Waals surface area contributed by atoms with Crippen LogP contribution in [0.3, 0.4) is 0 Å². The van der Waals surface area contributed by atoms with E-state index in [9.17, 15) is 18.7 Å². The van der Waals surface area contributed by atoms with Gasteiger partial charge in [0.2, 0.25) is 0 Å². The van der Waals surface area contributed by atoms with Crippen LogP contribution in [-0.4, -0.2) is 69.8 Å². The highest BCUT2D eigenvalue weighted by molar-refractivity contribution is 5.68. The van der Waals surface area contributed by atoms with Gasteiger partial charge in [-0.2, -0.15) is 0 Å². The third-order valence-corrected chi connectivity index (χ3v) is 4.71. The molecule has 24 heavy (non-hydrogen) atoms. The number of hydrogen-bond donors (Lipinski definition) is 1. The zero-order chi connectivity index (χ0) is 18.3. The minimum atomic E-state index is -2.77. The summed E-state index contributed by atoms with van der Waals surface area (Å²) in [5.74, 6) is -2.77. The predicted octanol–water partition coefficient (Wildman–Crippen LogP) is 2.87. The number of alkyl halides is 2. The average molecular weight is 348 g/mol. The number of rotatable bonds is 2. The fourth-order valence-corrected chi connectivity index (χ4v) is 3.59. The lowest BCUT2D eigenvalue weighted by atomic mass is 9.93. The second-order valence-corrected chi connectivity index (χ2v) is 8.60. The summed E-state index contributed by atoms with van der Waals surface area (Å²) >= 11 is 0. The van der Waals surface area contributed by atoms with Crippen molar-refractivity contribution in [2.75, 3.05) is 19.6 Å². The molecule has 7 heteroatoms. The second kappa shape index (κ2) is 6.41. The van der Waals surface area contributed by atoms with Crippen LogP contribution in [-0.2, 0) is 4.74 Å². The molecule has 1 N–H and O–H groups in total. The zero-order valence-electron chi connectivity index (χ0n) is 15.3. The normalized spacial score (nSPS) is 26.7. The van der Waals surface area contributed by atoms with Gasteiger partial charge in [-0.15, -0.1) is 0 Å². The van der Waals surface area contributed by atoms with Crippen molar-refractivity contribution < 1.29 is 23.4 Å². The molecule has 0 radical (unpaired) electrons. The Kier molecular flexibility index (Phi) is 5.17. The second-order valence-electron chi connectivity index (χ2n) is 8.60. The molecule has 0 bridgehead atoms. The molecule has 2 heterocycles. The van der Waals surface area contributed by atoms with E-state index in [0.29, 0.717) is 25.9 Å². The van der Waals surface area contributed by atoms with Crippen molar-refractivity contribution in [3.05, 3.63) is 0 Å². The van der Waals surface area contributed by atoms with Crippen LogP contribution in [0.15, 0.2) is 0 Å². The molecule has 0 saturated carbocycles. The lowest BCUT2D eigenvalue weighted by molar-refractivity contribution is -0.0303. The van der Waals surface area contributed by atoms with Crippen LogP contribution in [0.25, 0.3) is 0 Å². The molecule has 2 rings (SSSR count). The summed E-state index contributed by atoms with van der Waals surface area (Å²) in [6.07, 6.45) is 0.554. The first-order valence-corrected chi connectivity index (χ1v) is 8.62. The molecule has 2 aliphatic rings. The Morgan fingerprint density at radius 3 is 2.17 bits per heavy atom. The lowest BCUT2D eigenvalue weighted by Gasteiger charge is -2.42. The lowest BCUT2D eigenvalue weighted by Crippen LogP contribution is -2.54. The summed E-state index contributed by atoms with van der Waals surface area (Å²) in [6.45, 7) is 9.27. The van der Waals surface area contributed by atoms with E-state index in [1.165, 1.54) is 0 Å². The Morgan fingerprint density at radius 2 is 1.71 bits per heavy atom. The van der Waals surface area contributed by atoms with Gasteiger partial charge in [0, 0.05) is 31.6 Å². The molecule has 0 spiro atoms. The van der Waals surface area contributed by atoms with Gasteiger partial charge in [0.25, 0.3) is 5.92 Å². The van der Waals surface area contributed by atoms with E-state index < -0.39 is 23.2 Å². The number of carbonyl (C=O) groups is 1. The highest BCUT2D eigenvalue weighted by Crippen LogP contribution is 2.39. The van der Waals surface area contributed by atoms with E-state index in [1.807, 2.05) is 20.8 Å². The van der Waals surface area contributed by atoms with E-state index in [0.717, 1.165) is 0 Å². The number of piperidine rings is 1. The van der Waals surface area contributed by atoms with Crippen molar-refractivity contribution in [2.45, 2.75) is 83.1 Å². The first-order valence-electron chi connectivity index (χ1n) is 8.62. The Morgan fingerprint density at radius 1 is 1.17 bits per heavy atom. The summed E-state index contributed by atoms with van der Waals surface area (Å²) in [7, 11) is 0. The summed E-state index contributed by atoms with van der Waals surface area (Å²) in [6, 6.07) is -0.612. The van der Waals surface area contributed by atoms with Crippen molar-refractivity contribution in [1.29, 1.82) is 0 Å². The monoisotopic (exact) mass is 348 g/mol. The topological polar surface area (TPSA) is 53.0 Å². The van der Waals surface area contributed by atoms with E-state index in [-0.39, 0.29) is 25.1 Å². The third kappa shape index (κ3) is 4.79. The Labute approximate surface area is 142 Å². The van der Waals surface area contributed by atoms with Gasteiger partial charge in [-0.3, -0.25) is 4.90 Å². The molecule has 0 unspecified atom stereocenters. The van der Waals surface area contributed by atoms with E-state index >= 15 is 0 Å². The number of aliphatic hydroxyl groups is 1. The summed E-state index contributed by atoms with van der Waals surface area (Å²) in [4.78, 5) is 15.5. The molecule has 2 saturated heterocycles. The Hall–Kier alpha value is -0.950. The van der Waals surface area contributed by atoms with Gasteiger partial charge in [0.05, 0.1) is 12.1 Å². The van der Waals surface area contributed by atoms with Crippen LogP contribution in [0.1, 0.15) is 53.9 Å². The fraction of sp³-hybridized carbons (Fsp3) is 0.941. The largest absolute Gasteiger partial charge is 0.444 e. The number of nitrogens with zero attached hydrogens (tertiary/aromatic N) is 2. The van der Waals surface area contributed by atoms with Gasteiger partial charge >= 0.3 is 6.09 Å². The molecular formula is C17H30F2N2O3. The van der Waals surface area contributed by atoms with Gasteiger partial charge in [0.15, 0.2) is 0 Å². The first kappa shape index (κ1) is 19.4. The number of halogens is 2. The van der Waals surface area contributed by atoms with Crippen LogP contribution in [0, 0.1) is 0 Å². The van der Waals surface area contributed by atoms with Gasteiger partial charge in [-0.25, -0.2) is 13.6 Å². The molecule has 0 aromatic carbocycles. The SMILES string of the molecule is CC(C)(C)OC(=O)N1CCC(N2CC(F)(F)C[C@@H]2C(C)(C)O)CC1. The minimum absolute atomic E-state index is 0.0477. The molecule has 2 aliphatic heterocycles. The maximum Gasteiger partial charge on any atom is 0.410 e. The van der Waals surface area contributed by atoms with Gasteiger partial charge in [-0.05, 0) is 47.5 Å². The van der Waals surface area contributed by atoms with Gasteiger partial charge in [0.1, 0.15) is 5.60 Å². The maximum absolute atomic E-state index is 13.9. The molecule has 140 valence electrons. The summed E-state index contributed by atoms with van der Waals surface area (Å²) in [5.41, 5.74) is -1.72. The molecule has 0 aromatic rings. The Bertz CT molecular complexity index is 463. The minimum Gasteiger partial charge on any atom is -0.444 e. The van der Waals surface area contributed by atoms with E-state index in [1.54, 1.807) is 23.6 Å². The zero-order valence-corrected chi connectivity index (χ0v) is 15.3. The number of ether oxygens (including phenoxy) is 1. The molecule has 1 amide bonds. The molecule has 1 atom stereocenters. The van der Waals surface area contributed by atoms with Crippen molar-refractivity contribution in [2.24, 2.45) is 0 Å². The van der Waals surface area contributed by atoms with Crippen LogP contribution in [0.4, 0.5) is 13.6 Å². The summed E-state index contributed by atoms with van der Waals surface area (Å²) in [5, 5.41) is 10.3. The van der Waals surface area contributed by atoms with Crippen molar-refractivity contribution in [1.82, 2.24) is 9.80 Å². The van der Waals surface area contributed by atoms with Crippen LogP contribution in [0.2, 0.25) is 0 Å². The average Bonchev–Trinajstić information content (AvgIpc) is 2.73. The number of hydrogen-bond acceptors (Lipinski definition) is 4. The van der Waals surface area contributed by atoms with Crippen LogP contribution < -0.4 is 0 Å². The first-order chi connectivity index (χ1) is 10.8. The van der Waals surface area contributed by atoms with Crippen molar-refractivity contribution in [3.63, 3.8) is 0 Å². The number of carbonyl (C=O) groups excluding carboxylic acids is 1. The van der Waals surface area contributed by atoms with Crippen molar-refractivity contribution >= 4 is 6.09 Å². The highest BCUT2D eigenvalue weighted by atomic mass is 19.3. The van der Waals surface area contributed by atoms with Crippen LogP contribution >= 0.6 is 0 Å². The van der Waals surface area contributed by atoms with E-state index in [4.69, 9.17) is 4.74 Å². The molecule has 0 aliphatic carbocycles. The Balaban J connectivity index is 1.97. The van der Waals surface area contributed by atoms with Crippen molar-refractivity contribution in [3.8, 4) is 0 Å². The molecule has 0 aromatic heterocycles. The molecular weight excluding hydrogens is 318 g/mol. The van der Waals surface area contributed by atoms with Crippen LogP contribution in [0.5, 0.6) is 0 Å². The fourth-order valence-electron chi connectivity index (χ4n) is 3.59. The van der Waals surface area contributed by atoms with E-state index in [2.05, 4.69) is 0 Å². The predicted molar refractivity (Wildman–Crippen MR) is 87.2 cm³/mol. The smallest absolute Gasteiger partial charge is 0.410 e. The quantitative estimate of drug-likeness (QED) is 0.834. The standard InChI is InChI=1S/C17H30F2N2O3/c1-15(2,3)24-14(22)20-8-6-12(7-9-20)21-11-17(18,19)10-13(21)16(4,5)23/h12-13,23H,6-11H2,1-5H3/t13-/m1/s1.